The molecule has 1 amide bonds. The number of ether oxygens (including phenoxy) is 1. The second kappa shape index (κ2) is 13.8. The maximum Gasteiger partial charge on any atom is 0.264 e. The van der Waals surface area contributed by atoms with Crippen LogP contribution < -0.4 is 9.62 Å². The smallest absolute Gasteiger partial charge is 0.264 e. The summed E-state index contributed by atoms with van der Waals surface area (Å²) in [7, 11) is -0.376. The summed E-state index contributed by atoms with van der Waals surface area (Å²) in [5, 5.41) is 23.1. The summed E-state index contributed by atoms with van der Waals surface area (Å²) < 4.78 is 35.1. The van der Waals surface area contributed by atoms with Gasteiger partial charge in [0.25, 0.3) is 10.0 Å². The maximum atomic E-state index is 13.6. The van der Waals surface area contributed by atoms with Gasteiger partial charge in [0, 0.05) is 32.0 Å². The molecule has 10 nitrogen and oxygen atoms in total. The highest BCUT2D eigenvalue weighted by Gasteiger charge is 2.40. The van der Waals surface area contributed by atoms with E-state index in [9.17, 15) is 23.4 Å². The minimum Gasteiger partial charge on any atom is -0.380 e. The Labute approximate surface area is 279 Å². The second-order valence-corrected chi connectivity index (χ2v) is 17.0. The van der Waals surface area contributed by atoms with Gasteiger partial charge in [-0.3, -0.25) is 9.10 Å². The summed E-state index contributed by atoms with van der Waals surface area (Å²) in [5.41, 5.74) is 3.05. The Morgan fingerprint density at radius 1 is 1.13 bits per heavy atom. The molecule has 2 aromatic carbocycles. The van der Waals surface area contributed by atoms with E-state index < -0.39 is 20.4 Å². The van der Waals surface area contributed by atoms with Gasteiger partial charge in [-0.2, -0.15) is 0 Å². The number of sulfonamides is 1. The predicted molar refractivity (Wildman–Crippen MR) is 183 cm³/mol. The molecule has 0 spiro atoms. The van der Waals surface area contributed by atoms with E-state index in [1.54, 1.807) is 25.2 Å². The minimum atomic E-state index is -3.82. The number of halogens is 1. The van der Waals surface area contributed by atoms with Gasteiger partial charge in [0.2, 0.25) is 5.91 Å². The molecule has 45 heavy (non-hydrogen) atoms. The molecule has 2 aliphatic rings. The van der Waals surface area contributed by atoms with Gasteiger partial charge in [0.15, 0.2) is 0 Å². The summed E-state index contributed by atoms with van der Waals surface area (Å²) in [5.74, 6) is 0.700. The fraction of sp³-hybridized carbons (Fsp3) is 0.576. The van der Waals surface area contributed by atoms with Gasteiger partial charge in [-0.25, -0.2) is 13.4 Å². The van der Waals surface area contributed by atoms with Crippen molar-refractivity contribution in [3.8, 4) is 0 Å². The van der Waals surface area contributed by atoms with Crippen LogP contribution in [0.5, 0.6) is 0 Å². The Kier molecular flexibility index (Phi) is 10.5. The Bertz CT molecular complexity index is 1600. The molecule has 5 rings (SSSR count). The van der Waals surface area contributed by atoms with Crippen LogP contribution in [0.2, 0.25) is 0 Å². The number of nitrogens with one attached hydrogen (secondary N) is 1. The van der Waals surface area contributed by atoms with Crippen LogP contribution in [-0.2, 0) is 26.6 Å². The summed E-state index contributed by atoms with van der Waals surface area (Å²) in [6.07, 6.45) is 5.94. The first kappa shape index (κ1) is 34.1. The number of aliphatic hydroxyl groups excluding tert-OH is 1. The van der Waals surface area contributed by atoms with E-state index >= 15 is 0 Å². The lowest BCUT2D eigenvalue weighted by Crippen LogP contribution is -2.47. The van der Waals surface area contributed by atoms with Crippen molar-refractivity contribution in [2.24, 2.45) is 24.8 Å². The van der Waals surface area contributed by atoms with Crippen molar-refractivity contribution < 1.29 is 28.2 Å². The van der Waals surface area contributed by atoms with Crippen LogP contribution in [-0.4, -0.2) is 64.2 Å². The van der Waals surface area contributed by atoms with Crippen molar-refractivity contribution in [1.29, 1.82) is 0 Å². The van der Waals surface area contributed by atoms with E-state index in [4.69, 9.17) is 4.74 Å². The second-order valence-electron chi connectivity index (χ2n) is 12.8. The molecule has 3 N–H and O–H groups in total. The number of hydrogen-bond donors (Lipinski definition) is 3. The van der Waals surface area contributed by atoms with Crippen LogP contribution in [0, 0.1) is 24.7 Å². The van der Waals surface area contributed by atoms with Crippen LogP contribution in [0.3, 0.4) is 0 Å². The number of amides is 1. The van der Waals surface area contributed by atoms with Crippen LogP contribution in [0.4, 0.5) is 5.69 Å². The number of aromatic nitrogens is 2. The molecule has 4 atom stereocenters. The van der Waals surface area contributed by atoms with Crippen LogP contribution in [0.1, 0.15) is 69.2 Å². The van der Waals surface area contributed by atoms with Crippen molar-refractivity contribution in [2.75, 3.05) is 24.8 Å². The first-order chi connectivity index (χ1) is 21.3. The molecule has 0 bridgehead atoms. The standard InChI is InChI=1S/C33H45IN4O6S/c1-21-35-30-18-26(16-17-31(30)37(21)3)45(42,43)38(4)25-14-8-22(9-15-25)27-6-5-7-28(29(27)19-44-20-39)32(40)36-24-12-10-23(11-13-24)33(2,34)41/h8-9,14-18,23-24,27-29,39,41H,5-7,10-13,19-20H2,1-4H3,(H,36,40)/t23?,24?,27-,28-,29-,33?/m1/s1. The highest BCUT2D eigenvalue weighted by atomic mass is 127. The largest absolute Gasteiger partial charge is 0.380 e. The first-order valence-corrected chi connectivity index (χ1v) is 18.3. The van der Waals surface area contributed by atoms with Gasteiger partial charge in [-0.15, -0.1) is 0 Å². The Balaban J connectivity index is 1.30. The SMILES string of the molecule is Cc1nc2cc(S(=O)(=O)N(C)c3ccc([C@H]4CCC[C@@H](C(=O)NC5CCC(C(C)(O)I)CC5)[C@@H]4COCO)cc3)ccc2n1C. The number of benzene rings is 2. The van der Waals surface area contributed by atoms with Crippen LogP contribution >= 0.6 is 22.6 Å². The van der Waals surface area contributed by atoms with E-state index in [1.807, 2.05) is 49.7 Å². The summed E-state index contributed by atoms with van der Waals surface area (Å²) >= 11 is 2.10. The zero-order valence-electron chi connectivity index (χ0n) is 26.4. The molecule has 0 aliphatic heterocycles. The first-order valence-electron chi connectivity index (χ1n) is 15.7. The third-order valence-electron chi connectivity index (χ3n) is 10.0. The number of aryl methyl sites for hydroxylation is 2. The molecule has 2 saturated carbocycles. The van der Waals surface area contributed by atoms with Crippen molar-refractivity contribution >= 4 is 55.2 Å². The van der Waals surface area contributed by atoms with Crippen molar-refractivity contribution in [3.63, 3.8) is 0 Å². The predicted octanol–water partition coefficient (Wildman–Crippen LogP) is 4.99. The maximum absolute atomic E-state index is 13.6. The van der Waals surface area contributed by atoms with Gasteiger partial charge in [0.05, 0.1) is 28.2 Å². The lowest BCUT2D eigenvalue weighted by molar-refractivity contribution is -0.131. The Hall–Kier alpha value is -2.26. The fourth-order valence-corrected chi connectivity index (χ4v) is 9.03. The zero-order chi connectivity index (χ0) is 32.5. The number of nitrogens with zero attached hydrogens (tertiary/aromatic N) is 3. The van der Waals surface area contributed by atoms with Crippen molar-refractivity contribution in [2.45, 2.75) is 79.3 Å². The summed E-state index contributed by atoms with van der Waals surface area (Å²) in [6.45, 7) is 3.57. The lowest BCUT2D eigenvalue weighted by atomic mass is 9.69. The molecule has 2 fully saturated rings. The summed E-state index contributed by atoms with van der Waals surface area (Å²) in [6, 6.07) is 12.6. The molecular formula is C33H45IN4O6S. The molecule has 12 heteroatoms. The third kappa shape index (κ3) is 7.34. The van der Waals surface area contributed by atoms with E-state index in [0.717, 1.165) is 61.9 Å². The minimum absolute atomic E-state index is 0.0247. The molecular weight excluding hydrogens is 707 g/mol. The molecule has 3 aromatic rings. The number of alkyl halides is 1. The number of carbonyl (C=O) groups is 1. The van der Waals surface area contributed by atoms with Gasteiger partial charge in [0.1, 0.15) is 16.2 Å². The van der Waals surface area contributed by atoms with Gasteiger partial charge >= 0.3 is 0 Å². The van der Waals surface area contributed by atoms with E-state index in [2.05, 4.69) is 32.9 Å². The topological polar surface area (TPSA) is 134 Å². The fourth-order valence-electron chi connectivity index (χ4n) is 7.19. The molecule has 246 valence electrons. The molecule has 1 unspecified atom stereocenters. The van der Waals surface area contributed by atoms with Gasteiger partial charge in [-0.05, 0) is 123 Å². The number of carbonyl (C=O) groups excluding carboxylic acids is 1. The van der Waals surface area contributed by atoms with E-state index in [-0.39, 0.29) is 47.1 Å². The zero-order valence-corrected chi connectivity index (χ0v) is 29.4. The number of anilines is 1. The average molecular weight is 753 g/mol. The monoisotopic (exact) mass is 752 g/mol. The van der Waals surface area contributed by atoms with Gasteiger partial charge in [-0.1, -0.05) is 18.6 Å². The lowest BCUT2D eigenvalue weighted by Gasteiger charge is -2.39. The molecule has 0 saturated heterocycles. The molecule has 0 radical (unpaired) electrons. The van der Waals surface area contributed by atoms with Gasteiger partial charge < -0.3 is 24.8 Å². The number of imidazole rings is 1. The van der Waals surface area contributed by atoms with Crippen LogP contribution in [0.15, 0.2) is 47.4 Å². The summed E-state index contributed by atoms with van der Waals surface area (Å²) in [4.78, 5) is 18.3. The van der Waals surface area contributed by atoms with Crippen LogP contribution in [0.25, 0.3) is 11.0 Å². The number of rotatable bonds is 10. The molecule has 1 heterocycles. The van der Waals surface area contributed by atoms with E-state index in [0.29, 0.717) is 11.2 Å². The quantitative estimate of drug-likeness (QED) is 0.151. The van der Waals surface area contributed by atoms with Crippen molar-refractivity contribution in [3.05, 3.63) is 53.9 Å². The molecule has 1 aromatic heterocycles. The number of hydrogen-bond acceptors (Lipinski definition) is 7. The number of aliphatic hydroxyl groups is 2. The normalized spacial score (nSPS) is 25.5. The highest BCUT2D eigenvalue weighted by molar-refractivity contribution is 14.1. The Morgan fingerprint density at radius 3 is 2.47 bits per heavy atom. The van der Waals surface area contributed by atoms with Crippen molar-refractivity contribution in [1.82, 2.24) is 14.9 Å². The highest BCUT2D eigenvalue weighted by Crippen LogP contribution is 2.43. The molecule has 2 aliphatic carbocycles. The average Bonchev–Trinajstić information content (AvgIpc) is 3.31. The van der Waals surface area contributed by atoms with E-state index in [1.165, 1.54) is 4.31 Å². The number of fused-ring (bicyclic) bond motifs is 1. The third-order valence-corrected chi connectivity index (χ3v) is 12.7. The Morgan fingerprint density at radius 2 is 1.82 bits per heavy atom.